The normalized spacial score (nSPS) is 14.8. The Morgan fingerprint density at radius 3 is 2.06 bits per heavy atom. The number of rotatable bonds is 7. The number of piperazine rings is 1. The molecule has 35 heavy (non-hydrogen) atoms. The molecule has 1 fully saturated rings. The van der Waals surface area contributed by atoms with Crippen LogP contribution in [0, 0.1) is 11.6 Å². The maximum atomic E-state index is 13.5. The zero-order valence-electron chi connectivity index (χ0n) is 19.3. The summed E-state index contributed by atoms with van der Waals surface area (Å²) in [5, 5.41) is 2.67. The molecule has 0 saturated carbocycles. The van der Waals surface area contributed by atoms with E-state index < -0.39 is 0 Å². The largest absolute Gasteiger partial charge is 0.345 e. The van der Waals surface area contributed by atoms with Crippen molar-refractivity contribution >= 4 is 22.6 Å². The van der Waals surface area contributed by atoms with E-state index in [1.807, 2.05) is 30.3 Å². The van der Waals surface area contributed by atoms with E-state index in [1.54, 1.807) is 16.8 Å². The number of hydrogen-bond donors (Lipinski definition) is 1. The first kappa shape index (κ1) is 23.6. The standard InChI is InChI=1S/C27H27ClF2N4O/c28-21-7-12-26-25(18-21)31-27(35)34(26)33-16-14-32(15-17-33)13-1-2-24(19-3-8-22(29)9-4-19)20-5-10-23(30)11-6-20/h3-12,18,24H,1-2,13-17H2,(H,31,35). The van der Waals surface area contributed by atoms with Crippen molar-refractivity contribution in [2.24, 2.45) is 0 Å². The van der Waals surface area contributed by atoms with E-state index in [1.165, 1.54) is 24.3 Å². The molecule has 0 spiro atoms. The van der Waals surface area contributed by atoms with Crippen molar-refractivity contribution in [3.63, 3.8) is 0 Å². The molecule has 1 aliphatic rings. The van der Waals surface area contributed by atoms with Crippen LogP contribution in [-0.4, -0.2) is 47.3 Å². The quantitative estimate of drug-likeness (QED) is 0.386. The second kappa shape index (κ2) is 10.2. The lowest BCUT2D eigenvalue weighted by Gasteiger charge is -2.36. The molecular weight excluding hydrogens is 470 g/mol. The number of halogens is 3. The average molecular weight is 497 g/mol. The highest BCUT2D eigenvalue weighted by atomic mass is 35.5. The van der Waals surface area contributed by atoms with Crippen LogP contribution in [0.1, 0.15) is 29.9 Å². The summed E-state index contributed by atoms with van der Waals surface area (Å²) >= 11 is 6.06. The van der Waals surface area contributed by atoms with E-state index in [0.29, 0.717) is 5.02 Å². The van der Waals surface area contributed by atoms with Gasteiger partial charge < -0.3 is 9.99 Å². The summed E-state index contributed by atoms with van der Waals surface area (Å²) in [6.45, 7) is 4.11. The van der Waals surface area contributed by atoms with Gasteiger partial charge in [-0.3, -0.25) is 4.90 Å². The molecule has 182 valence electrons. The molecule has 0 atom stereocenters. The summed E-state index contributed by atoms with van der Waals surface area (Å²) in [5.74, 6) is -0.446. The summed E-state index contributed by atoms with van der Waals surface area (Å²) in [5.41, 5.74) is 3.47. The Labute approximate surface area is 207 Å². The van der Waals surface area contributed by atoms with E-state index in [9.17, 15) is 13.6 Å². The molecule has 1 saturated heterocycles. The van der Waals surface area contributed by atoms with E-state index in [4.69, 9.17) is 11.6 Å². The van der Waals surface area contributed by atoms with Crippen molar-refractivity contribution in [1.29, 1.82) is 0 Å². The number of fused-ring (bicyclic) bond motifs is 1. The molecule has 5 nitrogen and oxygen atoms in total. The summed E-state index contributed by atoms with van der Waals surface area (Å²) in [6.07, 6.45) is 1.82. The maximum absolute atomic E-state index is 13.5. The number of benzene rings is 3. The van der Waals surface area contributed by atoms with Gasteiger partial charge in [-0.25, -0.2) is 18.3 Å². The molecule has 1 N–H and O–H groups in total. The fraction of sp³-hybridized carbons (Fsp3) is 0.296. The predicted octanol–water partition coefficient (Wildman–Crippen LogP) is 5.13. The van der Waals surface area contributed by atoms with Crippen molar-refractivity contribution in [2.45, 2.75) is 18.8 Å². The summed E-state index contributed by atoms with van der Waals surface area (Å²) in [7, 11) is 0. The Morgan fingerprint density at radius 1 is 0.857 bits per heavy atom. The molecule has 0 aliphatic carbocycles. The maximum Gasteiger partial charge on any atom is 0.345 e. The van der Waals surface area contributed by atoms with Crippen molar-refractivity contribution in [1.82, 2.24) is 14.6 Å². The first-order valence-electron chi connectivity index (χ1n) is 11.9. The van der Waals surface area contributed by atoms with Crippen molar-refractivity contribution < 1.29 is 8.78 Å². The highest BCUT2D eigenvalue weighted by Gasteiger charge is 2.21. The number of nitrogens with zero attached hydrogens (tertiary/aromatic N) is 3. The average Bonchev–Trinajstić information content (AvgIpc) is 3.18. The smallest absolute Gasteiger partial charge is 0.306 e. The minimum absolute atomic E-state index is 0.0779. The third-order valence-electron chi connectivity index (χ3n) is 6.76. The van der Waals surface area contributed by atoms with Crippen molar-refractivity contribution in [3.8, 4) is 0 Å². The van der Waals surface area contributed by atoms with E-state index in [0.717, 1.165) is 67.7 Å². The van der Waals surface area contributed by atoms with Crippen LogP contribution >= 0.6 is 11.6 Å². The van der Waals surface area contributed by atoms with Crippen LogP contribution in [-0.2, 0) is 0 Å². The van der Waals surface area contributed by atoms with Gasteiger partial charge in [-0.05, 0) is 73.0 Å². The lowest BCUT2D eigenvalue weighted by atomic mass is 9.87. The van der Waals surface area contributed by atoms with Gasteiger partial charge in [0.25, 0.3) is 0 Å². The molecular formula is C27H27ClF2N4O. The molecule has 0 radical (unpaired) electrons. The molecule has 0 bridgehead atoms. The molecule has 0 amide bonds. The van der Waals surface area contributed by atoms with Crippen LogP contribution < -0.4 is 10.7 Å². The van der Waals surface area contributed by atoms with Crippen LogP contribution in [0.2, 0.25) is 5.02 Å². The van der Waals surface area contributed by atoms with Gasteiger partial charge in [0.15, 0.2) is 0 Å². The topological polar surface area (TPSA) is 44.3 Å². The SMILES string of the molecule is O=c1[nH]c2cc(Cl)ccc2n1N1CCN(CCCC(c2ccc(F)cc2)c2ccc(F)cc2)CC1. The van der Waals surface area contributed by atoms with Gasteiger partial charge in [-0.15, -0.1) is 0 Å². The summed E-state index contributed by atoms with van der Waals surface area (Å²) in [4.78, 5) is 17.8. The van der Waals surface area contributed by atoms with Gasteiger partial charge in [0, 0.05) is 37.1 Å². The molecule has 8 heteroatoms. The Bertz CT molecular complexity index is 1300. The highest BCUT2D eigenvalue weighted by Crippen LogP contribution is 2.30. The highest BCUT2D eigenvalue weighted by molar-refractivity contribution is 6.31. The Balaban J connectivity index is 1.21. The van der Waals surface area contributed by atoms with E-state index in [-0.39, 0.29) is 23.2 Å². The zero-order chi connectivity index (χ0) is 24.4. The number of hydrogen-bond acceptors (Lipinski definition) is 3. The van der Waals surface area contributed by atoms with Crippen LogP contribution in [0.4, 0.5) is 8.78 Å². The van der Waals surface area contributed by atoms with Gasteiger partial charge in [0.1, 0.15) is 11.6 Å². The van der Waals surface area contributed by atoms with Gasteiger partial charge in [0.05, 0.1) is 11.0 Å². The van der Waals surface area contributed by atoms with Gasteiger partial charge in [-0.1, -0.05) is 35.9 Å². The number of aromatic amines is 1. The fourth-order valence-corrected chi connectivity index (χ4v) is 5.12. The summed E-state index contributed by atoms with van der Waals surface area (Å²) < 4.78 is 28.7. The van der Waals surface area contributed by atoms with Crippen LogP contribution in [0.5, 0.6) is 0 Å². The Kier molecular flexibility index (Phi) is 6.88. The molecule has 3 aromatic carbocycles. The lowest BCUT2D eigenvalue weighted by Crippen LogP contribution is -2.53. The lowest BCUT2D eigenvalue weighted by molar-refractivity contribution is 0.235. The minimum Gasteiger partial charge on any atom is -0.306 e. The van der Waals surface area contributed by atoms with Gasteiger partial charge in [0.2, 0.25) is 0 Å². The number of nitrogens with one attached hydrogen (secondary N) is 1. The van der Waals surface area contributed by atoms with E-state index in [2.05, 4.69) is 14.9 Å². The predicted molar refractivity (Wildman–Crippen MR) is 136 cm³/mol. The van der Waals surface area contributed by atoms with Crippen LogP contribution in [0.15, 0.2) is 71.5 Å². The second-order valence-electron chi connectivity index (χ2n) is 9.00. The molecule has 1 aliphatic heterocycles. The monoisotopic (exact) mass is 496 g/mol. The van der Waals surface area contributed by atoms with Crippen LogP contribution in [0.3, 0.4) is 0 Å². The third-order valence-corrected chi connectivity index (χ3v) is 7.00. The van der Waals surface area contributed by atoms with Crippen LogP contribution in [0.25, 0.3) is 11.0 Å². The van der Waals surface area contributed by atoms with E-state index >= 15 is 0 Å². The minimum atomic E-state index is -0.262. The number of aromatic nitrogens is 2. The fourth-order valence-electron chi connectivity index (χ4n) is 4.95. The Morgan fingerprint density at radius 2 is 1.46 bits per heavy atom. The molecule has 4 aromatic rings. The molecule has 1 aromatic heterocycles. The number of imidazole rings is 1. The number of H-pyrrole nitrogens is 1. The first-order chi connectivity index (χ1) is 17.0. The van der Waals surface area contributed by atoms with Gasteiger partial charge >= 0.3 is 5.69 Å². The first-order valence-corrected chi connectivity index (χ1v) is 12.2. The van der Waals surface area contributed by atoms with Crippen molar-refractivity contribution in [2.75, 3.05) is 37.7 Å². The Hall–Kier alpha value is -3.16. The molecule has 2 heterocycles. The molecule has 0 unspecified atom stereocenters. The summed E-state index contributed by atoms with van der Waals surface area (Å²) in [6, 6.07) is 18.6. The zero-order valence-corrected chi connectivity index (χ0v) is 20.0. The third kappa shape index (κ3) is 5.26. The molecule has 5 rings (SSSR count). The second-order valence-corrected chi connectivity index (χ2v) is 9.43. The van der Waals surface area contributed by atoms with Crippen molar-refractivity contribution in [3.05, 3.63) is 105 Å². The van der Waals surface area contributed by atoms with Gasteiger partial charge in [-0.2, -0.15) is 0 Å².